The molecule has 1 aromatic carbocycles. The number of likely N-dealkylation sites (tertiary alicyclic amines) is 1. The Morgan fingerprint density at radius 3 is 2.36 bits per heavy atom. The Morgan fingerprint density at radius 2 is 1.82 bits per heavy atom. The molecule has 1 heterocycles. The minimum Gasteiger partial charge on any atom is -0.342 e. The van der Waals surface area contributed by atoms with Gasteiger partial charge in [-0.1, -0.05) is 12.1 Å². The van der Waals surface area contributed by atoms with E-state index in [0.29, 0.717) is 18.7 Å². The van der Waals surface area contributed by atoms with Crippen molar-refractivity contribution in [1.82, 2.24) is 9.62 Å². The molecule has 0 unspecified atom stereocenters. The molecule has 9 heteroatoms. The zero-order chi connectivity index (χ0) is 16.2. The minimum atomic E-state index is -3.66. The van der Waals surface area contributed by atoms with Crippen molar-refractivity contribution in [3.8, 4) is 0 Å². The molecule has 0 spiro atoms. The molecule has 0 saturated carbocycles. The number of benzene rings is 1. The molecule has 1 N–H and O–H groups in total. The molecular weight excluding hydrogens is 310 g/mol. The topological polar surface area (TPSA) is 110 Å². The van der Waals surface area contributed by atoms with Crippen LogP contribution in [0.25, 0.3) is 0 Å². The Balaban J connectivity index is 1.90. The summed E-state index contributed by atoms with van der Waals surface area (Å²) in [4.78, 5) is 23.4. The fraction of sp³-hybridized carbons (Fsp3) is 0.462. The predicted molar refractivity (Wildman–Crippen MR) is 79.5 cm³/mol. The summed E-state index contributed by atoms with van der Waals surface area (Å²) in [5.41, 5.74) is 0.324. The van der Waals surface area contributed by atoms with Gasteiger partial charge in [0.25, 0.3) is 5.69 Å². The van der Waals surface area contributed by atoms with Crippen molar-refractivity contribution in [1.29, 1.82) is 0 Å². The molecule has 120 valence electrons. The maximum absolute atomic E-state index is 11.9. The first-order chi connectivity index (χ1) is 10.4. The minimum absolute atomic E-state index is 0.0988. The summed E-state index contributed by atoms with van der Waals surface area (Å²) < 4.78 is 26.1. The third-order valence-corrected chi connectivity index (χ3v) is 4.70. The van der Waals surface area contributed by atoms with Crippen molar-refractivity contribution in [3.05, 3.63) is 39.9 Å². The van der Waals surface area contributed by atoms with Crippen LogP contribution in [-0.4, -0.2) is 43.8 Å². The van der Waals surface area contributed by atoms with Gasteiger partial charge in [-0.15, -0.1) is 0 Å². The van der Waals surface area contributed by atoms with Crippen LogP contribution in [0.5, 0.6) is 0 Å². The summed E-state index contributed by atoms with van der Waals surface area (Å²) in [6, 6.07) is 5.28. The highest BCUT2D eigenvalue weighted by atomic mass is 32.2. The lowest BCUT2D eigenvalue weighted by molar-refractivity contribution is -0.384. The number of nitrogens with zero attached hydrogens (tertiary/aromatic N) is 2. The zero-order valence-electron chi connectivity index (χ0n) is 11.9. The van der Waals surface area contributed by atoms with E-state index < -0.39 is 14.9 Å². The first-order valence-electron chi connectivity index (χ1n) is 6.86. The van der Waals surface area contributed by atoms with Crippen molar-refractivity contribution in [3.63, 3.8) is 0 Å². The highest BCUT2D eigenvalue weighted by Crippen LogP contribution is 2.13. The summed E-state index contributed by atoms with van der Waals surface area (Å²) in [5, 5.41) is 10.5. The number of carbonyl (C=O) groups is 1. The molecule has 0 atom stereocenters. The molecule has 8 nitrogen and oxygen atoms in total. The molecule has 1 aromatic rings. The first kappa shape index (κ1) is 16.4. The van der Waals surface area contributed by atoms with Crippen molar-refractivity contribution in [2.24, 2.45) is 0 Å². The summed E-state index contributed by atoms with van der Waals surface area (Å²) in [7, 11) is -3.66. The molecule has 1 saturated heterocycles. The van der Waals surface area contributed by atoms with Gasteiger partial charge >= 0.3 is 0 Å². The Kier molecular flexibility index (Phi) is 5.09. The van der Waals surface area contributed by atoms with Crippen LogP contribution in [0, 0.1) is 10.1 Å². The summed E-state index contributed by atoms with van der Waals surface area (Å²) in [6.45, 7) is 1.08. The van der Waals surface area contributed by atoms with Crippen LogP contribution in [-0.2, 0) is 20.6 Å². The SMILES string of the molecule is O=C(CNS(=O)(=O)Cc1ccc([N+](=O)[O-])cc1)N1CCCC1. The smallest absolute Gasteiger partial charge is 0.269 e. The zero-order valence-corrected chi connectivity index (χ0v) is 12.7. The van der Waals surface area contributed by atoms with Gasteiger partial charge < -0.3 is 4.90 Å². The highest BCUT2D eigenvalue weighted by Gasteiger charge is 2.20. The van der Waals surface area contributed by atoms with Gasteiger partial charge in [0.05, 0.1) is 17.2 Å². The molecule has 1 aliphatic heterocycles. The van der Waals surface area contributed by atoms with Gasteiger partial charge in [0.15, 0.2) is 0 Å². The molecule has 2 rings (SSSR count). The number of rotatable bonds is 6. The fourth-order valence-corrected chi connectivity index (χ4v) is 3.31. The van der Waals surface area contributed by atoms with E-state index in [1.807, 2.05) is 0 Å². The van der Waals surface area contributed by atoms with E-state index in [-0.39, 0.29) is 23.9 Å². The van der Waals surface area contributed by atoms with E-state index in [2.05, 4.69) is 4.72 Å². The van der Waals surface area contributed by atoms with E-state index in [4.69, 9.17) is 0 Å². The fourth-order valence-electron chi connectivity index (χ4n) is 2.23. The Morgan fingerprint density at radius 1 is 1.23 bits per heavy atom. The second kappa shape index (κ2) is 6.84. The van der Waals surface area contributed by atoms with E-state index in [0.717, 1.165) is 12.8 Å². The van der Waals surface area contributed by atoms with Crippen molar-refractivity contribution >= 4 is 21.6 Å². The Bertz CT molecular complexity index is 651. The second-order valence-electron chi connectivity index (χ2n) is 5.09. The Labute approximate surface area is 128 Å². The van der Waals surface area contributed by atoms with Gasteiger partial charge in [-0.05, 0) is 18.4 Å². The lowest BCUT2D eigenvalue weighted by Gasteiger charge is -2.15. The average Bonchev–Trinajstić information content (AvgIpc) is 2.99. The normalized spacial score (nSPS) is 15.0. The van der Waals surface area contributed by atoms with Crippen LogP contribution in [0.15, 0.2) is 24.3 Å². The van der Waals surface area contributed by atoms with Crippen LogP contribution < -0.4 is 4.72 Å². The number of hydrogen-bond acceptors (Lipinski definition) is 5. The average molecular weight is 327 g/mol. The number of nitro groups is 1. The van der Waals surface area contributed by atoms with Gasteiger partial charge in [0.1, 0.15) is 0 Å². The third-order valence-electron chi connectivity index (χ3n) is 3.41. The largest absolute Gasteiger partial charge is 0.342 e. The number of carbonyl (C=O) groups excluding carboxylic acids is 1. The number of nitrogens with one attached hydrogen (secondary N) is 1. The molecule has 0 radical (unpaired) electrons. The molecule has 22 heavy (non-hydrogen) atoms. The lowest BCUT2D eigenvalue weighted by Crippen LogP contribution is -2.39. The number of sulfonamides is 1. The van der Waals surface area contributed by atoms with Gasteiger partial charge in [-0.25, -0.2) is 13.1 Å². The summed E-state index contributed by atoms with van der Waals surface area (Å²) in [5.74, 6) is -0.553. The number of amides is 1. The van der Waals surface area contributed by atoms with E-state index >= 15 is 0 Å². The van der Waals surface area contributed by atoms with E-state index in [9.17, 15) is 23.3 Å². The van der Waals surface area contributed by atoms with E-state index in [1.54, 1.807) is 4.90 Å². The standard InChI is InChI=1S/C13H17N3O5S/c17-13(15-7-1-2-8-15)9-14-22(20,21)10-11-3-5-12(6-4-11)16(18)19/h3-6,14H,1-2,7-10H2. The predicted octanol–water partition coefficient (Wildman–Crippen LogP) is 0.637. The van der Waals surface area contributed by atoms with Crippen LogP contribution in [0.4, 0.5) is 5.69 Å². The molecule has 0 aromatic heterocycles. The maximum Gasteiger partial charge on any atom is 0.269 e. The van der Waals surface area contributed by atoms with Crippen molar-refractivity contribution < 1.29 is 18.1 Å². The third kappa shape index (κ3) is 4.50. The maximum atomic E-state index is 11.9. The van der Waals surface area contributed by atoms with Crippen molar-refractivity contribution in [2.45, 2.75) is 18.6 Å². The number of non-ortho nitro benzene ring substituents is 1. The van der Waals surface area contributed by atoms with Gasteiger partial charge in [0.2, 0.25) is 15.9 Å². The number of hydrogen-bond donors (Lipinski definition) is 1. The van der Waals surface area contributed by atoms with Gasteiger partial charge in [0, 0.05) is 25.2 Å². The second-order valence-corrected chi connectivity index (χ2v) is 6.90. The van der Waals surface area contributed by atoms with E-state index in [1.165, 1.54) is 24.3 Å². The molecular formula is C13H17N3O5S. The highest BCUT2D eigenvalue weighted by molar-refractivity contribution is 7.88. The van der Waals surface area contributed by atoms with Gasteiger partial charge in [-0.3, -0.25) is 14.9 Å². The monoisotopic (exact) mass is 327 g/mol. The van der Waals surface area contributed by atoms with Crippen molar-refractivity contribution in [2.75, 3.05) is 19.6 Å². The molecule has 1 aliphatic rings. The molecule has 1 fully saturated rings. The van der Waals surface area contributed by atoms with Crippen LogP contribution in [0.2, 0.25) is 0 Å². The first-order valence-corrected chi connectivity index (χ1v) is 8.51. The number of nitro benzene ring substituents is 1. The molecule has 0 bridgehead atoms. The Hall–Kier alpha value is -2.00. The quantitative estimate of drug-likeness (QED) is 0.609. The van der Waals surface area contributed by atoms with Gasteiger partial charge in [-0.2, -0.15) is 0 Å². The molecule has 1 amide bonds. The van der Waals surface area contributed by atoms with Crippen LogP contribution in [0.1, 0.15) is 18.4 Å². The summed E-state index contributed by atoms with van der Waals surface area (Å²) in [6.07, 6.45) is 1.89. The lowest BCUT2D eigenvalue weighted by atomic mass is 10.2. The van der Waals surface area contributed by atoms with Crippen LogP contribution in [0.3, 0.4) is 0 Å². The summed E-state index contributed by atoms with van der Waals surface area (Å²) >= 11 is 0. The molecule has 0 aliphatic carbocycles. The van der Waals surface area contributed by atoms with Crippen LogP contribution >= 0.6 is 0 Å².